The molecule has 294 valence electrons. The molecule has 5 aromatic rings. The Hall–Kier alpha value is -6.32. The van der Waals surface area contributed by atoms with Crippen LogP contribution < -0.4 is 21.3 Å². The predicted molar refractivity (Wildman–Crippen MR) is 223 cm³/mol. The second-order valence-electron chi connectivity index (χ2n) is 12.2. The minimum Gasteiger partial charge on any atom is -0.322 e. The molecule has 0 aromatic heterocycles. The SMILES string of the molecule is CC(=O)C(N=Nc1cc(C(=O)Nc2ccccc2)ccc1Cl)C(=O)Nc1cc(Cl)c(NC(=O)C(N=Nc2cc(C(=O)Nc3ccccc3)ccc2Cl)C(C)=O)cc1Cl. The average Bonchev–Trinajstić information content (AvgIpc) is 3.18. The van der Waals surface area contributed by atoms with Crippen molar-refractivity contribution in [3.8, 4) is 0 Å². The molecule has 5 aromatic carbocycles. The summed E-state index contributed by atoms with van der Waals surface area (Å²) >= 11 is 25.4. The minimum absolute atomic E-state index is 0.0221. The summed E-state index contributed by atoms with van der Waals surface area (Å²) in [6.07, 6.45) is 0. The number of benzene rings is 5. The Bertz CT molecular complexity index is 2300. The number of hydrogen-bond donors (Lipinski definition) is 4. The van der Waals surface area contributed by atoms with Gasteiger partial charge in [0.2, 0.25) is 12.1 Å². The van der Waals surface area contributed by atoms with Crippen molar-refractivity contribution < 1.29 is 28.8 Å². The number of anilines is 4. The van der Waals surface area contributed by atoms with E-state index in [1.807, 2.05) is 0 Å². The summed E-state index contributed by atoms with van der Waals surface area (Å²) in [4.78, 5) is 77.0. The molecule has 58 heavy (non-hydrogen) atoms. The van der Waals surface area contributed by atoms with Gasteiger partial charge in [-0.05, 0) is 86.6 Å². The first-order chi connectivity index (χ1) is 27.7. The monoisotopic (exact) mass is 858 g/mol. The van der Waals surface area contributed by atoms with E-state index in [2.05, 4.69) is 41.7 Å². The lowest BCUT2D eigenvalue weighted by molar-refractivity contribution is -0.127. The van der Waals surface area contributed by atoms with Gasteiger partial charge in [-0.3, -0.25) is 28.8 Å². The van der Waals surface area contributed by atoms with Crippen LogP contribution in [0.25, 0.3) is 0 Å². The zero-order chi connectivity index (χ0) is 41.9. The molecular formula is C40H30Cl4N8O6. The van der Waals surface area contributed by atoms with E-state index in [0.29, 0.717) is 11.4 Å². The number of azo groups is 2. The summed E-state index contributed by atoms with van der Waals surface area (Å²) in [5.41, 5.74) is 1.45. The topological polar surface area (TPSA) is 200 Å². The van der Waals surface area contributed by atoms with E-state index in [-0.39, 0.29) is 54.0 Å². The lowest BCUT2D eigenvalue weighted by Crippen LogP contribution is -2.32. The molecule has 2 atom stereocenters. The van der Waals surface area contributed by atoms with Gasteiger partial charge in [-0.1, -0.05) is 82.8 Å². The molecule has 0 aliphatic rings. The molecule has 5 rings (SSSR count). The van der Waals surface area contributed by atoms with Gasteiger partial charge in [-0.2, -0.15) is 20.5 Å². The molecule has 2 unspecified atom stereocenters. The molecule has 4 amide bonds. The first-order valence-corrected chi connectivity index (χ1v) is 18.5. The standard InChI is InChI=1S/C40H30Cl4N8O6/c1-21(53)35(51-49-33-17-23(13-15-27(33)41)37(55)45-25-9-5-3-6-10-25)39(57)47-31-19-30(44)32(20-29(31)43)48-40(58)36(22(2)54)52-50-34-18-24(14-16-28(34)42)38(56)46-26-11-7-4-8-12-26/h3-20,35-36H,1-2H3,(H,45,55)(H,46,56)(H,47,57)(H,48,58). The number of nitrogens with one attached hydrogen (secondary N) is 4. The molecule has 0 spiro atoms. The van der Waals surface area contributed by atoms with Crippen molar-refractivity contribution in [1.82, 2.24) is 0 Å². The van der Waals surface area contributed by atoms with Crippen LogP contribution in [0.2, 0.25) is 20.1 Å². The molecule has 4 N–H and O–H groups in total. The van der Waals surface area contributed by atoms with Crippen LogP contribution in [0, 0.1) is 0 Å². The van der Waals surface area contributed by atoms with E-state index in [1.54, 1.807) is 60.7 Å². The minimum atomic E-state index is -1.67. The van der Waals surface area contributed by atoms with Gasteiger partial charge in [0.15, 0.2) is 11.6 Å². The average molecular weight is 861 g/mol. The Morgan fingerprint density at radius 2 is 0.828 bits per heavy atom. The van der Waals surface area contributed by atoms with Crippen LogP contribution in [0.1, 0.15) is 34.6 Å². The van der Waals surface area contributed by atoms with E-state index in [1.165, 1.54) is 48.5 Å². The smallest absolute Gasteiger partial charge is 0.258 e. The normalized spacial score (nSPS) is 12.1. The van der Waals surface area contributed by atoms with Crippen LogP contribution >= 0.6 is 46.4 Å². The fourth-order valence-corrected chi connectivity index (χ4v) is 5.66. The van der Waals surface area contributed by atoms with Gasteiger partial charge in [0.1, 0.15) is 11.4 Å². The Labute approximate surface area is 351 Å². The first kappa shape index (κ1) is 42.8. The second-order valence-corrected chi connectivity index (χ2v) is 13.8. The summed E-state index contributed by atoms with van der Waals surface area (Å²) in [7, 11) is 0. The van der Waals surface area contributed by atoms with Crippen molar-refractivity contribution in [1.29, 1.82) is 0 Å². The third-order valence-electron chi connectivity index (χ3n) is 7.88. The Kier molecular flexibility index (Phi) is 14.5. The number of halogens is 4. The highest BCUT2D eigenvalue weighted by Gasteiger charge is 2.27. The number of carbonyl (C=O) groups is 6. The molecule has 0 radical (unpaired) electrons. The van der Waals surface area contributed by atoms with Crippen molar-refractivity contribution in [2.24, 2.45) is 20.5 Å². The Morgan fingerprint density at radius 1 is 0.466 bits per heavy atom. The lowest BCUT2D eigenvalue weighted by Gasteiger charge is -2.15. The van der Waals surface area contributed by atoms with E-state index >= 15 is 0 Å². The zero-order valence-electron chi connectivity index (χ0n) is 30.3. The zero-order valence-corrected chi connectivity index (χ0v) is 33.3. The van der Waals surface area contributed by atoms with E-state index < -0.39 is 47.3 Å². The molecule has 0 fully saturated rings. The molecule has 0 heterocycles. The van der Waals surface area contributed by atoms with Crippen LogP contribution in [0.15, 0.2) is 130 Å². The van der Waals surface area contributed by atoms with Gasteiger partial charge in [0, 0.05) is 22.5 Å². The molecule has 14 nitrogen and oxygen atoms in total. The van der Waals surface area contributed by atoms with Crippen molar-refractivity contribution in [2.75, 3.05) is 21.3 Å². The summed E-state index contributed by atoms with van der Waals surface area (Å²) in [6, 6.07) is 25.1. The van der Waals surface area contributed by atoms with Gasteiger partial charge >= 0.3 is 0 Å². The van der Waals surface area contributed by atoms with Crippen molar-refractivity contribution in [3.63, 3.8) is 0 Å². The van der Waals surface area contributed by atoms with Crippen LogP contribution in [0.3, 0.4) is 0 Å². The third kappa shape index (κ3) is 11.4. The predicted octanol–water partition coefficient (Wildman–Crippen LogP) is 10.2. The Morgan fingerprint density at radius 3 is 1.17 bits per heavy atom. The molecular weight excluding hydrogens is 830 g/mol. The number of nitrogens with zero attached hydrogens (tertiary/aromatic N) is 4. The largest absolute Gasteiger partial charge is 0.322 e. The van der Waals surface area contributed by atoms with Crippen LogP contribution in [-0.4, -0.2) is 47.3 Å². The van der Waals surface area contributed by atoms with Gasteiger partial charge < -0.3 is 21.3 Å². The molecule has 0 saturated carbocycles. The number of para-hydroxylation sites is 2. The molecule has 18 heteroatoms. The number of ketones is 2. The fourth-order valence-electron chi connectivity index (χ4n) is 4.93. The fraction of sp³-hybridized carbons (Fsp3) is 0.100. The van der Waals surface area contributed by atoms with Crippen molar-refractivity contribution >= 4 is 116 Å². The molecule has 0 saturated heterocycles. The second kappa shape index (κ2) is 19.7. The van der Waals surface area contributed by atoms with Crippen molar-refractivity contribution in [2.45, 2.75) is 25.9 Å². The number of carbonyl (C=O) groups excluding carboxylic acids is 6. The van der Waals surface area contributed by atoms with E-state index in [9.17, 15) is 28.8 Å². The first-order valence-electron chi connectivity index (χ1n) is 17.0. The lowest BCUT2D eigenvalue weighted by atomic mass is 10.1. The quantitative estimate of drug-likeness (QED) is 0.0632. The maximum absolute atomic E-state index is 13.2. The maximum Gasteiger partial charge on any atom is 0.258 e. The van der Waals surface area contributed by atoms with Crippen molar-refractivity contribution in [3.05, 3.63) is 140 Å². The molecule has 0 aliphatic carbocycles. The summed E-state index contributed by atoms with van der Waals surface area (Å²) in [5, 5.41) is 26.1. The van der Waals surface area contributed by atoms with E-state index in [4.69, 9.17) is 46.4 Å². The van der Waals surface area contributed by atoms with Gasteiger partial charge in [0.25, 0.3) is 23.6 Å². The van der Waals surface area contributed by atoms with Gasteiger partial charge in [-0.15, -0.1) is 0 Å². The number of amides is 4. The van der Waals surface area contributed by atoms with Crippen LogP contribution in [0.4, 0.5) is 34.1 Å². The molecule has 0 aliphatic heterocycles. The number of rotatable bonds is 14. The van der Waals surface area contributed by atoms with Gasteiger partial charge in [-0.25, -0.2) is 0 Å². The van der Waals surface area contributed by atoms with Gasteiger partial charge in [0.05, 0.1) is 31.5 Å². The summed E-state index contributed by atoms with van der Waals surface area (Å²) < 4.78 is 0. The highest BCUT2D eigenvalue weighted by atomic mass is 35.5. The highest BCUT2D eigenvalue weighted by molar-refractivity contribution is 6.38. The third-order valence-corrected chi connectivity index (χ3v) is 9.15. The molecule has 0 bridgehead atoms. The number of hydrogen-bond acceptors (Lipinski definition) is 10. The van der Waals surface area contributed by atoms with E-state index in [0.717, 1.165) is 13.8 Å². The Balaban J connectivity index is 1.26. The summed E-state index contributed by atoms with van der Waals surface area (Å²) in [6.45, 7) is 2.25. The van der Waals surface area contributed by atoms with Crippen LogP contribution in [0.5, 0.6) is 0 Å². The summed E-state index contributed by atoms with van der Waals surface area (Å²) in [5.74, 6) is -4.14. The van der Waals surface area contributed by atoms with Crippen LogP contribution in [-0.2, 0) is 19.2 Å². The number of Topliss-reactive ketones (excluding diaryl/α,β-unsaturated/α-hetero) is 2. The maximum atomic E-state index is 13.2. The highest BCUT2D eigenvalue weighted by Crippen LogP contribution is 2.34.